The van der Waals surface area contributed by atoms with Gasteiger partial charge in [-0.1, -0.05) is 30.3 Å². The SMILES string of the molecule is C[C@H](c1ccccc1)N(C)C(=O)CN. The molecule has 0 aliphatic rings. The van der Waals surface area contributed by atoms with Crippen LogP contribution in [0, 0.1) is 0 Å². The summed E-state index contributed by atoms with van der Waals surface area (Å²) in [4.78, 5) is 13.0. The summed E-state index contributed by atoms with van der Waals surface area (Å²) < 4.78 is 0. The molecule has 1 aromatic carbocycles. The van der Waals surface area contributed by atoms with Gasteiger partial charge in [-0.15, -0.1) is 0 Å². The Morgan fingerprint density at radius 1 is 1.43 bits per heavy atom. The average Bonchev–Trinajstić information content (AvgIpc) is 2.27. The van der Waals surface area contributed by atoms with E-state index in [0.29, 0.717) is 0 Å². The van der Waals surface area contributed by atoms with Gasteiger partial charge < -0.3 is 10.6 Å². The van der Waals surface area contributed by atoms with Gasteiger partial charge in [-0.25, -0.2) is 0 Å². The minimum atomic E-state index is -0.0404. The average molecular weight is 192 g/mol. The van der Waals surface area contributed by atoms with Crippen molar-refractivity contribution in [2.24, 2.45) is 5.73 Å². The lowest BCUT2D eigenvalue weighted by Crippen LogP contribution is -2.34. The summed E-state index contributed by atoms with van der Waals surface area (Å²) in [6.45, 7) is 2.05. The van der Waals surface area contributed by atoms with Crippen molar-refractivity contribution in [3.8, 4) is 0 Å². The second-order valence-corrected chi connectivity index (χ2v) is 3.30. The molecule has 0 radical (unpaired) electrons. The van der Waals surface area contributed by atoms with E-state index in [-0.39, 0.29) is 18.5 Å². The predicted octanol–water partition coefficient (Wildman–Crippen LogP) is 1.16. The van der Waals surface area contributed by atoms with E-state index in [1.54, 1.807) is 11.9 Å². The Labute approximate surface area is 84.5 Å². The highest BCUT2D eigenvalue weighted by Gasteiger charge is 2.14. The number of hydrogen-bond acceptors (Lipinski definition) is 2. The Kier molecular flexibility index (Phi) is 3.65. The van der Waals surface area contributed by atoms with Crippen molar-refractivity contribution in [2.45, 2.75) is 13.0 Å². The lowest BCUT2D eigenvalue weighted by atomic mass is 10.1. The number of carbonyl (C=O) groups is 1. The zero-order valence-corrected chi connectivity index (χ0v) is 8.60. The van der Waals surface area contributed by atoms with Gasteiger partial charge in [-0.05, 0) is 12.5 Å². The van der Waals surface area contributed by atoms with Crippen LogP contribution < -0.4 is 5.73 Å². The van der Waals surface area contributed by atoms with Gasteiger partial charge in [0.2, 0.25) is 5.91 Å². The Balaban J connectivity index is 2.75. The predicted molar refractivity (Wildman–Crippen MR) is 56.7 cm³/mol. The van der Waals surface area contributed by atoms with Crippen LogP contribution in [0.25, 0.3) is 0 Å². The van der Waals surface area contributed by atoms with E-state index in [1.807, 2.05) is 37.3 Å². The van der Waals surface area contributed by atoms with Crippen LogP contribution in [0.4, 0.5) is 0 Å². The minimum Gasteiger partial charge on any atom is -0.338 e. The summed E-state index contributed by atoms with van der Waals surface area (Å²) >= 11 is 0. The van der Waals surface area contributed by atoms with E-state index >= 15 is 0 Å². The summed E-state index contributed by atoms with van der Waals surface area (Å²) in [7, 11) is 1.77. The number of nitrogens with two attached hydrogens (primary N) is 1. The van der Waals surface area contributed by atoms with Crippen LogP contribution >= 0.6 is 0 Å². The topological polar surface area (TPSA) is 46.3 Å². The lowest BCUT2D eigenvalue weighted by molar-refractivity contribution is -0.130. The van der Waals surface area contributed by atoms with Crippen molar-refractivity contribution in [1.82, 2.24) is 4.90 Å². The van der Waals surface area contributed by atoms with Gasteiger partial charge in [-0.3, -0.25) is 4.79 Å². The molecule has 0 fully saturated rings. The first-order valence-corrected chi connectivity index (χ1v) is 4.67. The molecule has 1 rings (SSSR count). The van der Waals surface area contributed by atoms with E-state index in [0.717, 1.165) is 5.56 Å². The Morgan fingerprint density at radius 3 is 2.50 bits per heavy atom. The molecule has 0 aliphatic heterocycles. The normalized spacial score (nSPS) is 12.2. The molecular formula is C11H16N2O. The smallest absolute Gasteiger partial charge is 0.236 e. The van der Waals surface area contributed by atoms with Crippen molar-refractivity contribution in [3.63, 3.8) is 0 Å². The lowest BCUT2D eigenvalue weighted by Gasteiger charge is -2.24. The van der Waals surface area contributed by atoms with E-state index in [4.69, 9.17) is 5.73 Å². The van der Waals surface area contributed by atoms with E-state index in [2.05, 4.69) is 0 Å². The van der Waals surface area contributed by atoms with Crippen LogP contribution in [-0.2, 0) is 4.79 Å². The third-order valence-corrected chi connectivity index (χ3v) is 2.43. The quantitative estimate of drug-likeness (QED) is 0.781. The number of carbonyl (C=O) groups excluding carboxylic acids is 1. The Bertz CT molecular complexity index is 297. The molecule has 0 spiro atoms. The van der Waals surface area contributed by atoms with Crippen LogP contribution in [0.15, 0.2) is 30.3 Å². The molecular weight excluding hydrogens is 176 g/mol. The Morgan fingerprint density at radius 2 is 2.00 bits per heavy atom. The second-order valence-electron chi connectivity index (χ2n) is 3.30. The van der Waals surface area contributed by atoms with Gasteiger partial charge >= 0.3 is 0 Å². The molecule has 2 N–H and O–H groups in total. The number of hydrogen-bond donors (Lipinski definition) is 1. The number of likely N-dealkylation sites (N-methyl/N-ethyl adjacent to an activating group) is 1. The molecule has 3 nitrogen and oxygen atoms in total. The zero-order valence-electron chi connectivity index (χ0n) is 8.60. The van der Waals surface area contributed by atoms with E-state index in [1.165, 1.54) is 0 Å². The maximum Gasteiger partial charge on any atom is 0.236 e. The van der Waals surface area contributed by atoms with Gasteiger partial charge in [0.1, 0.15) is 0 Å². The summed E-state index contributed by atoms with van der Waals surface area (Å²) in [6, 6.07) is 9.98. The van der Waals surface area contributed by atoms with Crippen LogP contribution in [0.5, 0.6) is 0 Å². The molecule has 0 heterocycles. The van der Waals surface area contributed by atoms with Gasteiger partial charge in [0.25, 0.3) is 0 Å². The van der Waals surface area contributed by atoms with Gasteiger partial charge in [0, 0.05) is 7.05 Å². The molecule has 1 amide bonds. The van der Waals surface area contributed by atoms with E-state index in [9.17, 15) is 4.79 Å². The van der Waals surface area contributed by atoms with Gasteiger partial charge in [0.15, 0.2) is 0 Å². The van der Waals surface area contributed by atoms with Crippen LogP contribution in [-0.4, -0.2) is 24.4 Å². The fourth-order valence-corrected chi connectivity index (χ4v) is 1.32. The third-order valence-electron chi connectivity index (χ3n) is 2.43. The van der Waals surface area contributed by atoms with Crippen LogP contribution in [0.2, 0.25) is 0 Å². The zero-order chi connectivity index (χ0) is 10.6. The molecule has 76 valence electrons. The number of benzene rings is 1. The molecule has 0 unspecified atom stereocenters. The highest BCUT2D eigenvalue weighted by Crippen LogP contribution is 2.17. The highest BCUT2D eigenvalue weighted by molar-refractivity contribution is 5.78. The van der Waals surface area contributed by atoms with Crippen molar-refractivity contribution in [2.75, 3.05) is 13.6 Å². The summed E-state index contributed by atoms with van der Waals surface area (Å²) in [5.74, 6) is -0.0404. The van der Waals surface area contributed by atoms with Crippen molar-refractivity contribution in [3.05, 3.63) is 35.9 Å². The number of amides is 1. The van der Waals surface area contributed by atoms with Crippen molar-refractivity contribution < 1.29 is 4.79 Å². The highest BCUT2D eigenvalue weighted by atomic mass is 16.2. The molecule has 0 aromatic heterocycles. The van der Waals surface area contributed by atoms with Crippen molar-refractivity contribution in [1.29, 1.82) is 0 Å². The second kappa shape index (κ2) is 4.77. The fourth-order valence-electron chi connectivity index (χ4n) is 1.32. The van der Waals surface area contributed by atoms with Crippen LogP contribution in [0.3, 0.4) is 0 Å². The van der Waals surface area contributed by atoms with Crippen LogP contribution in [0.1, 0.15) is 18.5 Å². The third kappa shape index (κ3) is 2.33. The maximum atomic E-state index is 11.3. The minimum absolute atomic E-state index is 0.0404. The first-order valence-electron chi connectivity index (χ1n) is 4.67. The first-order chi connectivity index (χ1) is 6.66. The largest absolute Gasteiger partial charge is 0.338 e. The molecule has 0 saturated carbocycles. The van der Waals surface area contributed by atoms with E-state index < -0.39 is 0 Å². The number of rotatable bonds is 3. The monoisotopic (exact) mass is 192 g/mol. The van der Waals surface area contributed by atoms with Gasteiger partial charge in [-0.2, -0.15) is 0 Å². The Hall–Kier alpha value is -1.35. The first kappa shape index (κ1) is 10.7. The van der Waals surface area contributed by atoms with Gasteiger partial charge in [0.05, 0.1) is 12.6 Å². The molecule has 0 saturated heterocycles. The summed E-state index contributed by atoms with van der Waals surface area (Å²) in [5, 5.41) is 0. The molecule has 14 heavy (non-hydrogen) atoms. The molecule has 0 bridgehead atoms. The van der Waals surface area contributed by atoms with Crippen molar-refractivity contribution >= 4 is 5.91 Å². The number of nitrogens with zero attached hydrogens (tertiary/aromatic N) is 1. The fraction of sp³-hybridized carbons (Fsp3) is 0.364. The summed E-state index contributed by atoms with van der Waals surface area (Å²) in [6.07, 6.45) is 0. The summed E-state index contributed by atoms with van der Waals surface area (Å²) in [5.41, 5.74) is 6.42. The molecule has 1 atom stereocenters. The molecule has 1 aromatic rings. The standard InChI is InChI=1S/C11H16N2O/c1-9(13(2)11(14)8-12)10-6-4-3-5-7-10/h3-7,9H,8,12H2,1-2H3/t9-/m1/s1. The molecule has 3 heteroatoms. The molecule has 0 aliphatic carbocycles. The maximum absolute atomic E-state index is 11.3.